The molecule has 0 bridgehead atoms. The van der Waals surface area contributed by atoms with E-state index in [2.05, 4.69) is 63.6 Å². The fraction of sp³-hybridized carbons (Fsp3) is 0.500. The molecule has 1 aliphatic rings. The van der Waals surface area contributed by atoms with E-state index < -0.39 is 24.1 Å². The number of benzene rings is 1. The van der Waals surface area contributed by atoms with Crippen LogP contribution in [0.2, 0.25) is 0 Å². The molecule has 4 rings (SSSR count). The number of ether oxygens (including phenoxy) is 1. The van der Waals surface area contributed by atoms with Crippen LogP contribution in [0.15, 0.2) is 27.5 Å². The summed E-state index contributed by atoms with van der Waals surface area (Å²) in [5.74, 6) is 0.461. The van der Waals surface area contributed by atoms with Gasteiger partial charge in [-0.1, -0.05) is 47.6 Å². The summed E-state index contributed by atoms with van der Waals surface area (Å²) in [6.45, 7) is 12.6. The Balaban J connectivity index is 1.72. The van der Waals surface area contributed by atoms with Crippen molar-refractivity contribution < 1.29 is 19.4 Å². The number of aromatic nitrogens is 3. The Morgan fingerprint density at radius 3 is 2.46 bits per heavy atom. The van der Waals surface area contributed by atoms with Gasteiger partial charge in [0.1, 0.15) is 23.7 Å². The number of nitrogens with two attached hydrogens (primary N) is 1. The number of fused-ring (bicyclic) bond motifs is 1. The van der Waals surface area contributed by atoms with Crippen molar-refractivity contribution in [2.45, 2.75) is 77.2 Å². The minimum Gasteiger partial charge on any atom is -0.436 e. The summed E-state index contributed by atoms with van der Waals surface area (Å²) in [5.41, 5.74) is 9.48. The molecule has 35 heavy (non-hydrogen) atoms. The molecular weight excluding hydrogens is 448 g/mol. The van der Waals surface area contributed by atoms with Crippen molar-refractivity contribution in [1.82, 2.24) is 14.5 Å². The van der Waals surface area contributed by atoms with E-state index in [1.54, 1.807) is 12.2 Å². The molecule has 3 atom stereocenters. The highest BCUT2D eigenvalue weighted by molar-refractivity contribution is 5.81. The van der Waals surface area contributed by atoms with Crippen LogP contribution in [0.4, 0.5) is 5.82 Å². The topological polar surface area (TPSA) is 137 Å². The highest BCUT2D eigenvalue weighted by Gasteiger charge is 2.35. The van der Waals surface area contributed by atoms with Crippen LogP contribution in [0.1, 0.15) is 76.8 Å². The predicted molar refractivity (Wildman–Crippen MR) is 135 cm³/mol. The molecule has 0 saturated carbocycles. The molecule has 1 aliphatic heterocycles. The van der Waals surface area contributed by atoms with Gasteiger partial charge in [0.05, 0.1) is 12.7 Å². The Hall–Kier alpha value is -3.01. The van der Waals surface area contributed by atoms with Gasteiger partial charge >= 0.3 is 5.69 Å². The van der Waals surface area contributed by atoms with Crippen LogP contribution in [-0.2, 0) is 15.6 Å². The number of hydrogen-bond acceptors (Lipinski definition) is 8. The molecule has 9 heteroatoms. The quantitative estimate of drug-likeness (QED) is 0.515. The lowest BCUT2D eigenvalue weighted by atomic mass is 9.80. The van der Waals surface area contributed by atoms with Crippen molar-refractivity contribution in [3.63, 3.8) is 0 Å². The summed E-state index contributed by atoms with van der Waals surface area (Å²) >= 11 is 0. The first kappa shape index (κ1) is 25.1. The van der Waals surface area contributed by atoms with E-state index in [-0.39, 0.29) is 29.7 Å². The van der Waals surface area contributed by atoms with Crippen LogP contribution in [0.3, 0.4) is 0 Å². The molecule has 1 aromatic carbocycles. The van der Waals surface area contributed by atoms with E-state index in [9.17, 15) is 15.0 Å². The molecule has 2 aromatic heterocycles. The summed E-state index contributed by atoms with van der Waals surface area (Å²) in [7, 11) is 0. The first-order valence-electron chi connectivity index (χ1n) is 11.7. The second-order valence-corrected chi connectivity index (χ2v) is 11.1. The lowest BCUT2D eigenvalue weighted by Crippen LogP contribution is -2.28. The molecule has 4 N–H and O–H groups in total. The summed E-state index contributed by atoms with van der Waals surface area (Å²) in [6, 6.07) is 4.25. The minimum atomic E-state index is -0.872. The van der Waals surface area contributed by atoms with Gasteiger partial charge in [0, 0.05) is 29.8 Å². The van der Waals surface area contributed by atoms with Crippen LogP contribution in [0, 0.1) is 0 Å². The van der Waals surface area contributed by atoms with Gasteiger partial charge in [-0.3, -0.25) is 4.57 Å². The monoisotopic (exact) mass is 482 g/mol. The van der Waals surface area contributed by atoms with Crippen molar-refractivity contribution >= 4 is 29.1 Å². The molecule has 0 amide bonds. The zero-order valence-corrected chi connectivity index (χ0v) is 21.1. The highest BCUT2D eigenvalue weighted by atomic mass is 16.5. The molecular formula is C26H34N4O5. The second-order valence-electron chi connectivity index (χ2n) is 11.1. The molecule has 0 spiro atoms. The van der Waals surface area contributed by atoms with E-state index in [1.807, 2.05) is 0 Å². The average Bonchev–Trinajstić information content (AvgIpc) is 3.33. The van der Waals surface area contributed by atoms with E-state index in [1.165, 1.54) is 16.3 Å². The fourth-order valence-corrected chi connectivity index (χ4v) is 4.15. The van der Waals surface area contributed by atoms with Gasteiger partial charge in [0.25, 0.3) is 0 Å². The zero-order valence-electron chi connectivity index (χ0n) is 21.1. The molecule has 1 fully saturated rings. The van der Waals surface area contributed by atoms with Crippen molar-refractivity contribution in [1.29, 1.82) is 0 Å². The van der Waals surface area contributed by atoms with Crippen molar-refractivity contribution in [3.05, 3.63) is 51.4 Å². The summed E-state index contributed by atoms with van der Waals surface area (Å²) < 4.78 is 13.0. The third kappa shape index (κ3) is 5.03. The van der Waals surface area contributed by atoms with Crippen LogP contribution in [0.5, 0.6) is 0 Å². The van der Waals surface area contributed by atoms with E-state index >= 15 is 0 Å². The van der Waals surface area contributed by atoms with E-state index in [4.69, 9.17) is 14.9 Å². The number of nitrogens with zero attached hydrogens (tertiary/aromatic N) is 3. The first-order chi connectivity index (χ1) is 16.3. The maximum Gasteiger partial charge on any atom is 0.351 e. The molecule has 0 unspecified atom stereocenters. The number of hydrogen-bond donors (Lipinski definition) is 3. The van der Waals surface area contributed by atoms with Crippen LogP contribution < -0.4 is 11.4 Å². The summed E-state index contributed by atoms with van der Waals surface area (Å²) in [6.07, 6.45) is 2.69. The molecule has 188 valence electrons. The highest BCUT2D eigenvalue weighted by Crippen LogP contribution is 2.36. The number of anilines is 1. The van der Waals surface area contributed by atoms with Crippen LogP contribution >= 0.6 is 0 Å². The summed E-state index contributed by atoms with van der Waals surface area (Å²) in [5, 5.41) is 19.4. The Bertz CT molecular complexity index is 1330. The van der Waals surface area contributed by atoms with Gasteiger partial charge in [-0.25, -0.2) is 9.78 Å². The number of oxazole rings is 1. The lowest BCUT2D eigenvalue weighted by Gasteiger charge is -2.24. The Morgan fingerprint density at radius 2 is 1.86 bits per heavy atom. The van der Waals surface area contributed by atoms with Crippen molar-refractivity contribution in [3.8, 4) is 0 Å². The first-order valence-corrected chi connectivity index (χ1v) is 11.7. The summed E-state index contributed by atoms with van der Waals surface area (Å²) in [4.78, 5) is 21.0. The van der Waals surface area contributed by atoms with Gasteiger partial charge in [0.15, 0.2) is 5.58 Å². The van der Waals surface area contributed by atoms with E-state index in [0.29, 0.717) is 11.5 Å². The second kappa shape index (κ2) is 8.89. The lowest BCUT2D eigenvalue weighted by molar-refractivity contribution is -0.0458. The SMILES string of the molecule is CC(C)(C)c1cc(C(C)(C)C)c2oc(/C=C/c3cn([C@H]4C[C@H](O)[C@@H](CO)O4)c(=O)nc3N)nc2c1. The van der Waals surface area contributed by atoms with E-state index in [0.717, 1.165) is 16.7 Å². The van der Waals surface area contributed by atoms with Gasteiger partial charge in [-0.2, -0.15) is 4.98 Å². The largest absolute Gasteiger partial charge is 0.436 e. The smallest absolute Gasteiger partial charge is 0.351 e. The Labute approximate surface area is 204 Å². The fourth-order valence-electron chi connectivity index (χ4n) is 4.15. The molecule has 0 aliphatic carbocycles. The average molecular weight is 483 g/mol. The molecule has 3 heterocycles. The number of nitrogen functional groups attached to an aromatic ring is 1. The molecule has 3 aromatic rings. The maximum atomic E-state index is 12.4. The molecule has 9 nitrogen and oxygen atoms in total. The maximum absolute atomic E-state index is 12.4. The van der Waals surface area contributed by atoms with Crippen LogP contribution in [0.25, 0.3) is 23.3 Å². The predicted octanol–water partition coefficient (Wildman–Crippen LogP) is 3.37. The standard InChI is InChI=1S/C26H34N4O5/c1-25(2,3)15-9-16(26(4,5)6)22-17(10-15)28-20(35-22)8-7-14-12-30(24(33)29-23(14)27)21-11-18(32)19(13-31)34-21/h7-10,12,18-19,21,31-32H,11,13H2,1-6H3,(H2,27,29,33)/b8-7+/t18-,19+,21+/m0/s1. The van der Waals surface area contributed by atoms with Gasteiger partial charge < -0.3 is 25.1 Å². The Kier molecular flexibility index (Phi) is 6.37. The minimum absolute atomic E-state index is 0.0398. The third-order valence-corrected chi connectivity index (χ3v) is 6.29. The van der Waals surface area contributed by atoms with Crippen molar-refractivity contribution in [2.75, 3.05) is 12.3 Å². The zero-order chi connectivity index (χ0) is 25.7. The van der Waals surface area contributed by atoms with Gasteiger partial charge in [-0.15, -0.1) is 0 Å². The normalized spacial score (nSPS) is 21.4. The van der Waals surface area contributed by atoms with Gasteiger partial charge in [0.2, 0.25) is 5.89 Å². The number of rotatable bonds is 4. The number of aliphatic hydroxyl groups is 2. The van der Waals surface area contributed by atoms with Crippen molar-refractivity contribution in [2.24, 2.45) is 0 Å². The Morgan fingerprint density at radius 1 is 1.14 bits per heavy atom. The molecule has 1 saturated heterocycles. The van der Waals surface area contributed by atoms with Gasteiger partial charge in [-0.05, 0) is 28.5 Å². The number of aliphatic hydroxyl groups excluding tert-OH is 2. The third-order valence-electron chi connectivity index (χ3n) is 6.29. The molecule has 0 radical (unpaired) electrons. The van der Waals surface area contributed by atoms with Crippen LogP contribution in [-0.4, -0.2) is 43.6 Å².